The molecule has 0 saturated carbocycles. The second-order valence-electron chi connectivity index (χ2n) is 2.29. The Kier molecular flexibility index (Phi) is 5.17. The van der Waals surface area contributed by atoms with E-state index in [1.54, 1.807) is 0 Å². The molecule has 1 rings (SSSR count). The molecule has 4 nitrogen and oxygen atoms in total. The van der Waals surface area contributed by atoms with Gasteiger partial charge in [-0.25, -0.2) is 8.42 Å². The molecular formula is C5H9NaO4S. The van der Waals surface area contributed by atoms with Gasteiger partial charge in [0.2, 0.25) is 0 Å². The van der Waals surface area contributed by atoms with Crippen LogP contribution in [0.5, 0.6) is 0 Å². The number of rotatable bonds is 1. The third kappa shape index (κ3) is 3.87. The van der Waals surface area contributed by atoms with Gasteiger partial charge in [-0.2, -0.15) is 0 Å². The summed E-state index contributed by atoms with van der Waals surface area (Å²) >= 11 is 0. The van der Waals surface area contributed by atoms with Crippen molar-refractivity contribution in [2.24, 2.45) is 0 Å². The van der Waals surface area contributed by atoms with Crippen molar-refractivity contribution in [2.45, 2.75) is 24.7 Å². The van der Waals surface area contributed by atoms with Crippen LogP contribution in [0.25, 0.3) is 0 Å². The number of hydrogen-bond acceptors (Lipinski definition) is 4. The van der Waals surface area contributed by atoms with Crippen LogP contribution in [0.4, 0.5) is 0 Å². The molecule has 0 amide bonds. The Labute approximate surface area is 88.3 Å². The van der Waals surface area contributed by atoms with E-state index in [0.717, 1.165) is 12.8 Å². The molecule has 0 spiro atoms. The smallest absolute Gasteiger partial charge is 0.746 e. The van der Waals surface area contributed by atoms with Gasteiger partial charge in [-0.3, -0.25) is 0 Å². The quantitative estimate of drug-likeness (QED) is 0.326. The van der Waals surface area contributed by atoms with E-state index in [-0.39, 0.29) is 29.6 Å². The third-order valence-electron chi connectivity index (χ3n) is 1.46. The zero-order chi connectivity index (χ0) is 7.61. The molecule has 1 fully saturated rings. The molecule has 6 heteroatoms. The van der Waals surface area contributed by atoms with Crippen LogP contribution in [0.3, 0.4) is 0 Å². The summed E-state index contributed by atoms with van der Waals surface area (Å²) in [7, 11) is -4.20. The topological polar surface area (TPSA) is 66.4 Å². The van der Waals surface area contributed by atoms with E-state index in [1.165, 1.54) is 0 Å². The van der Waals surface area contributed by atoms with Crippen LogP contribution in [-0.2, 0) is 14.9 Å². The van der Waals surface area contributed by atoms with Gasteiger partial charge in [0, 0.05) is 6.61 Å². The van der Waals surface area contributed by atoms with E-state index < -0.39 is 15.6 Å². The summed E-state index contributed by atoms with van der Waals surface area (Å²) in [6, 6.07) is 0. The van der Waals surface area contributed by atoms with Crippen LogP contribution in [0.1, 0.15) is 19.3 Å². The summed E-state index contributed by atoms with van der Waals surface area (Å²) in [6.07, 6.45) is 1.98. The second-order valence-corrected chi connectivity index (χ2v) is 3.80. The van der Waals surface area contributed by atoms with E-state index in [4.69, 9.17) is 4.74 Å². The van der Waals surface area contributed by atoms with Crippen LogP contribution >= 0.6 is 0 Å². The first kappa shape index (κ1) is 11.9. The summed E-state index contributed by atoms with van der Waals surface area (Å²) in [5.41, 5.74) is -1.08. The van der Waals surface area contributed by atoms with Crippen molar-refractivity contribution < 1.29 is 47.3 Å². The Morgan fingerprint density at radius 2 is 2.00 bits per heavy atom. The van der Waals surface area contributed by atoms with Crippen LogP contribution in [0.15, 0.2) is 0 Å². The fourth-order valence-corrected chi connectivity index (χ4v) is 1.66. The first-order valence-corrected chi connectivity index (χ1v) is 4.64. The van der Waals surface area contributed by atoms with E-state index in [9.17, 15) is 13.0 Å². The summed E-state index contributed by atoms with van der Waals surface area (Å²) in [5, 5.41) is 0. The minimum absolute atomic E-state index is 0. The maximum Gasteiger partial charge on any atom is 1.00 e. The molecular weight excluding hydrogens is 179 g/mol. The van der Waals surface area contributed by atoms with E-state index in [2.05, 4.69) is 0 Å². The molecule has 60 valence electrons. The summed E-state index contributed by atoms with van der Waals surface area (Å²) in [6.45, 7) is 0.395. The first-order chi connectivity index (χ1) is 4.61. The van der Waals surface area contributed by atoms with E-state index >= 15 is 0 Å². The molecule has 0 bridgehead atoms. The Balaban J connectivity index is 0.000001000. The second kappa shape index (κ2) is 4.79. The maximum absolute atomic E-state index is 10.3. The van der Waals surface area contributed by atoms with Crippen molar-refractivity contribution in [1.29, 1.82) is 0 Å². The van der Waals surface area contributed by atoms with Crippen LogP contribution in [-0.4, -0.2) is 25.0 Å². The van der Waals surface area contributed by atoms with Crippen molar-refractivity contribution in [3.8, 4) is 0 Å². The molecule has 0 aromatic rings. The Bertz CT molecular complexity index is 195. The zero-order valence-corrected chi connectivity index (χ0v) is 9.26. The molecule has 0 aromatic carbocycles. The van der Waals surface area contributed by atoms with Gasteiger partial charge in [0.1, 0.15) is 15.6 Å². The van der Waals surface area contributed by atoms with Gasteiger partial charge in [-0.05, 0) is 19.3 Å². The fourth-order valence-electron chi connectivity index (χ4n) is 0.939. The average molecular weight is 188 g/mol. The molecule has 1 heterocycles. The maximum atomic E-state index is 10.3. The van der Waals surface area contributed by atoms with Gasteiger partial charge in [-0.1, -0.05) is 0 Å². The summed E-state index contributed by atoms with van der Waals surface area (Å²) in [4.78, 5) is 0. The zero-order valence-electron chi connectivity index (χ0n) is 6.45. The number of ether oxygens (including phenoxy) is 1. The summed E-state index contributed by atoms with van der Waals surface area (Å²) in [5.74, 6) is 0. The monoisotopic (exact) mass is 188 g/mol. The third-order valence-corrected chi connectivity index (χ3v) is 2.48. The average Bonchev–Trinajstić information content (AvgIpc) is 1.88. The van der Waals surface area contributed by atoms with Gasteiger partial charge in [0.05, 0.1) is 0 Å². The van der Waals surface area contributed by atoms with Crippen molar-refractivity contribution in [3.63, 3.8) is 0 Å². The fraction of sp³-hybridized carbons (Fsp3) is 1.00. The van der Waals surface area contributed by atoms with Crippen molar-refractivity contribution in [1.82, 2.24) is 0 Å². The standard InChI is InChI=1S/C5H10O4S.Na/c6-10(7,8)5-3-1-2-4-9-5;/h5H,1-4H2,(H,6,7,8);/q;+1/p-1. The number of hydrogen-bond donors (Lipinski definition) is 0. The van der Waals surface area contributed by atoms with Crippen molar-refractivity contribution in [3.05, 3.63) is 0 Å². The Morgan fingerprint density at radius 3 is 2.27 bits per heavy atom. The summed E-state index contributed by atoms with van der Waals surface area (Å²) < 4.78 is 35.7. The van der Waals surface area contributed by atoms with E-state index in [0.29, 0.717) is 13.0 Å². The van der Waals surface area contributed by atoms with Crippen LogP contribution < -0.4 is 29.6 Å². The van der Waals surface area contributed by atoms with Gasteiger partial charge >= 0.3 is 29.6 Å². The first-order valence-electron chi connectivity index (χ1n) is 3.17. The molecule has 0 aliphatic carbocycles. The molecule has 1 aliphatic rings. The molecule has 1 aliphatic heterocycles. The predicted molar refractivity (Wildman–Crippen MR) is 33.3 cm³/mol. The van der Waals surface area contributed by atoms with Crippen LogP contribution in [0, 0.1) is 0 Å². The SMILES string of the molecule is O=S(=O)([O-])C1CCCCO1.[Na+]. The molecule has 11 heavy (non-hydrogen) atoms. The molecule has 1 saturated heterocycles. The molecule has 0 N–H and O–H groups in total. The minimum atomic E-state index is -4.20. The van der Waals surface area contributed by atoms with E-state index in [1.807, 2.05) is 0 Å². The van der Waals surface area contributed by atoms with Gasteiger partial charge in [0.15, 0.2) is 0 Å². The van der Waals surface area contributed by atoms with Gasteiger partial charge in [0.25, 0.3) is 0 Å². The predicted octanol–water partition coefficient (Wildman–Crippen LogP) is -2.94. The molecule has 1 atom stereocenters. The van der Waals surface area contributed by atoms with Crippen molar-refractivity contribution in [2.75, 3.05) is 6.61 Å². The van der Waals surface area contributed by atoms with Gasteiger partial charge < -0.3 is 9.29 Å². The normalized spacial score (nSPS) is 25.7. The molecule has 0 aromatic heterocycles. The van der Waals surface area contributed by atoms with Crippen molar-refractivity contribution >= 4 is 10.1 Å². The Morgan fingerprint density at radius 1 is 1.36 bits per heavy atom. The molecule has 1 unspecified atom stereocenters. The van der Waals surface area contributed by atoms with Crippen LogP contribution in [0.2, 0.25) is 0 Å². The molecule has 0 radical (unpaired) electrons. The minimum Gasteiger partial charge on any atom is -0.746 e. The Hall–Kier alpha value is 0.870. The largest absolute Gasteiger partial charge is 1.00 e. The van der Waals surface area contributed by atoms with Gasteiger partial charge in [-0.15, -0.1) is 0 Å².